The number of anilines is 1. The van der Waals surface area contributed by atoms with E-state index in [0.29, 0.717) is 11.6 Å². The Labute approximate surface area is 154 Å². The molecule has 1 heterocycles. The predicted octanol–water partition coefficient (Wildman–Crippen LogP) is 3.41. The van der Waals surface area contributed by atoms with Crippen LogP contribution in [0.4, 0.5) is 5.69 Å². The van der Waals surface area contributed by atoms with Gasteiger partial charge in [0.25, 0.3) is 5.91 Å². The van der Waals surface area contributed by atoms with E-state index < -0.39 is 5.92 Å². The SMILES string of the molecule is CCC[C@@H]1C(=O)N=C(SCCN(CC)CC)N(c2ccccc2)C1=O. The zero-order valence-electron chi connectivity index (χ0n) is 15.3. The summed E-state index contributed by atoms with van der Waals surface area (Å²) in [6.07, 6.45) is 1.33. The normalized spacial score (nSPS) is 18.0. The number of hydrogen-bond donors (Lipinski definition) is 0. The van der Waals surface area contributed by atoms with Gasteiger partial charge in [0.15, 0.2) is 5.17 Å². The summed E-state index contributed by atoms with van der Waals surface area (Å²) in [6.45, 7) is 9.12. The van der Waals surface area contributed by atoms with Crippen molar-refractivity contribution in [2.75, 3.05) is 30.3 Å². The molecule has 0 unspecified atom stereocenters. The van der Waals surface area contributed by atoms with Crippen LogP contribution in [0.15, 0.2) is 35.3 Å². The molecule has 2 rings (SSSR count). The second-order valence-corrected chi connectivity index (χ2v) is 7.02. The number of nitrogens with zero attached hydrogens (tertiary/aromatic N) is 3. The molecule has 1 aromatic rings. The summed E-state index contributed by atoms with van der Waals surface area (Å²) in [5.41, 5.74) is 0.773. The molecule has 136 valence electrons. The van der Waals surface area contributed by atoms with Crippen molar-refractivity contribution >= 4 is 34.4 Å². The minimum absolute atomic E-state index is 0.154. The maximum Gasteiger partial charge on any atom is 0.260 e. The molecular formula is C19H27N3O2S. The average Bonchev–Trinajstić information content (AvgIpc) is 2.63. The fraction of sp³-hybridized carbons (Fsp3) is 0.526. The molecule has 0 fully saturated rings. The Kier molecular flexibility index (Phi) is 7.65. The molecule has 0 radical (unpaired) electrons. The molecule has 1 atom stereocenters. The Morgan fingerprint density at radius 1 is 1.12 bits per heavy atom. The number of benzene rings is 1. The molecule has 0 saturated carbocycles. The number of carbonyl (C=O) groups excluding carboxylic acids is 2. The largest absolute Gasteiger partial charge is 0.303 e. The Morgan fingerprint density at radius 3 is 2.40 bits per heavy atom. The number of amidine groups is 1. The lowest BCUT2D eigenvalue weighted by molar-refractivity contribution is -0.132. The van der Waals surface area contributed by atoms with Crippen LogP contribution in [0.3, 0.4) is 0 Å². The monoisotopic (exact) mass is 361 g/mol. The van der Waals surface area contributed by atoms with Crippen molar-refractivity contribution in [1.82, 2.24) is 4.90 Å². The molecule has 2 amide bonds. The third-order valence-electron chi connectivity index (χ3n) is 4.34. The van der Waals surface area contributed by atoms with Gasteiger partial charge in [0.1, 0.15) is 5.92 Å². The molecule has 0 spiro atoms. The first kappa shape index (κ1) is 19.7. The van der Waals surface area contributed by atoms with E-state index in [1.165, 1.54) is 11.8 Å². The predicted molar refractivity (Wildman–Crippen MR) is 105 cm³/mol. The van der Waals surface area contributed by atoms with Gasteiger partial charge in [-0.05, 0) is 31.6 Å². The summed E-state index contributed by atoms with van der Waals surface area (Å²) >= 11 is 1.48. The zero-order chi connectivity index (χ0) is 18.2. The lowest BCUT2D eigenvalue weighted by atomic mass is 10.00. The Balaban J connectivity index is 2.22. The maximum absolute atomic E-state index is 12.9. The van der Waals surface area contributed by atoms with E-state index in [2.05, 4.69) is 23.7 Å². The van der Waals surface area contributed by atoms with E-state index in [0.717, 1.165) is 37.5 Å². The number of para-hydroxylation sites is 1. The molecule has 6 heteroatoms. The average molecular weight is 362 g/mol. The molecular weight excluding hydrogens is 334 g/mol. The number of rotatable bonds is 8. The van der Waals surface area contributed by atoms with Gasteiger partial charge < -0.3 is 4.90 Å². The van der Waals surface area contributed by atoms with Gasteiger partial charge in [-0.25, -0.2) is 0 Å². The van der Waals surface area contributed by atoms with E-state index in [4.69, 9.17) is 0 Å². The van der Waals surface area contributed by atoms with Gasteiger partial charge in [-0.1, -0.05) is 57.2 Å². The van der Waals surface area contributed by atoms with Gasteiger partial charge in [0.2, 0.25) is 5.91 Å². The number of amides is 2. The third kappa shape index (κ3) is 4.92. The second-order valence-electron chi connectivity index (χ2n) is 5.96. The third-order valence-corrected chi connectivity index (χ3v) is 5.26. The topological polar surface area (TPSA) is 53.0 Å². The Morgan fingerprint density at radius 2 is 1.80 bits per heavy atom. The van der Waals surface area contributed by atoms with E-state index in [1.807, 2.05) is 37.3 Å². The molecule has 1 aromatic carbocycles. The molecule has 0 aliphatic carbocycles. The van der Waals surface area contributed by atoms with Crippen molar-refractivity contribution in [3.8, 4) is 0 Å². The summed E-state index contributed by atoms with van der Waals surface area (Å²) < 4.78 is 0. The second kappa shape index (κ2) is 9.73. The van der Waals surface area contributed by atoms with Gasteiger partial charge in [0, 0.05) is 12.3 Å². The molecule has 0 saturated heterocycles. The highest BCUT2D eigenvalue weighted by atomic mass is 32.2. The first-order valence-electron chi connectivity index (χ1n) is 8.99. The molecule has 0 aromatic heterocycles. The first-order valence-corrected chi connectivity index (χ1v) is 9.97. The van der Waals surface area contributed by atoms with Crippen LogP contribution in [0.2, 0.25) is 0 Å². The molecule has 1 aliphatic rings. The van der Waals surface area contributed by atoms with Crippen LogP contribution in [0, 0.1) is 5.92 Å². The van der Waals surface area contributed by atoms with Gasteiger partial charge in [-0.3, -0.25) is 14.5 Å². The van der Waals surface area contributed by atoms with E-state index in [9.17, 15) is 9.59 Å². The van der Waals surface area contributed by atoms with Crippen LogP contribution >= 0.6 is 11.8 Å². The highest BCUT2D eigenvalue weighted by Crippen LogP contribution is 2.28. The Hall–Kier alpha value is -1.66. The number of hydrogen-bond acceptors (Lipinski definition) is 4. The molecule has 0 bridgehead atoms. The highest BCUT2D eigenvalue weighted by Gasteiger charge is 2.38. The maximum atomic E-state index is 12.9. The van der Waals surface area contributed by atoms with Gasteiger partial charge in [-0.15, -0.1) is 0 Å². The van der Waals surface area contributed by atoms with Crippen molar-refractivity contribution < 1.29 is 9.59 Å². The minimum atomic E-state index is -0.655. The van der Waals surface area contributed by atoms with Crippen LogP contribution in [-0.2, 0) is 9.59 Å². The van der Waals surface area contributed by atoms with E-state index >= 15 is 0 Å². The smallest absolute Gasteiger partial charge is 0.260 e. The van der Waals surface area contributed by atoms with Gasteiger partial charge in [0.05, 0.1) is 5.69 Å². The van der Waals surface area contributed by atoms with Crippen LogP contribution in [-0.4, -0.2) is 47.3 Å². The van der Waals surface area contributed by atoms with Crippen LogP contribution in [0.1, 0.15) is 33.6 Å². The van der Waals surface area contributed by atoms with Crippen molar-refractivity contribution in [2.45, 2.75) is 33.6 Å². The number of aliphatic imine (C=N–C) groups is 1. The zero-order valence-corrected chi connectivity index (χ0v) is 16.1. The van der Waals surface area contributed by atoms with Crippen LogP contribution < -0.4 is 4.90 Å². The van der Waals surface area contributed by atoms with E-state index in [1.54, 1.807) is 4.90 Å². The summed E-state index contributed by atoms with van der Waals surface area (Å²) in [7, 11) is 0. The fourth-order valence-electron chi connectivity index (χ4n) is 2.83. The molecule has 5 nitrogen and oxygen atoms in total. The van der Waals surface area contributed by atoms with Crippen molar-refractivity contribution in [3.63, 3.8) is 0 Å². The van der Waals surface area contributed by atoms with Crippen molar-refractivity contribution in [2.24, 2.45) is 10.9 Å². The lowest BCUT2D eigenvalue weighted by Crippen LogP contribution is -2.47. The fourth-order valence-corrected chi connectivity index (χ4v) is 3.84. The summed E-state index contributed by atoms with van der Waals surface area (Å²) in [5.74, 6) is -0.317. The number of thioether (sulfide) groups is 1. The number of carbonyl (C=O) groups is 2. The van der Waals surface area contributed by atoms with Crippen LogP contribution in [0.25, 0.3) is 0 Å². The lowest BCUT2D eigenvalue weighted by Gasteiger charge is -2.30. The van der Waals surface area contributed by atoms with Gasteiger partial charge in [-0.2, -0.15) is 4.99 Å². The quantitative estimate of drug-likeness (QED) is 0.666. The molecule has 25 heavy (non-hydrogen) atoms. The van der Waals surface area contributed by atoms with Gasteiger partial charge >= 0.3 is 0 Å². The Bertz CT molecular complexity index is 614. The molecule has 0 N–H and O–H groups in total. The van der Waals surface area contributed by atoms with Crippen molar-refractivity contribution in [1.29, 1.82) is 0 Å². The summed E-state index contributed by atoms with van der Waals surface area (Å²) in [6, 6.07) is 9.48. The summed E-state index contributed by atoms with van der Waals surface area (Å²) in [4.78, 5) is 33.5. The standard InChI is InChI=1S/C19H27N3O2S/c1-4-10-16-17(23)20-19(25-14-13-21(5-2)6-3)22(18(16)24)15-11-8-7-9-12-15/h7-9,11-12,16H,4-6,10,13-14H2,1-3H3/t16-/m1/s1. The molecule has 1 aliphatic heterocycles. The van der Waals surface area contributed by atoms with E-state index in [-0.39, 0.29) is 11.8 Å². The first-order chi connectivity index (χ1) is 12.1. The van der Waals surface area contributed by atoms with Crippen molar-refractivity contribution in [3.05, 3.63) is 30.3 Å². The minimum Gasteiger partial charge on any atom is -0.303 e. The summed E-state index contributed by atoms with van der Waals surface area (Å²) in [5, 5.41) is 0.501. The van der Waals surface area contributed by atoms with Crippen LogP contribution in [0.5, 0.6) is 0 Å². The highest BCUT2D eigenvalue weighted by molar-refractivity contribution is 8.14.